The van der Waals surface area contributed by atoms with Crippen LogP contribution in [0.2, 0.25) is 0 Å². The topological polar surface area (TPSA) is 181 Å². The zero-order chi connectivity index (χ0) is 35.5. The van der Waals surface area contributed by atoms with Gasteiger partial charge < -0.3 is 32.7 Å². The van der Waals surface area contributed by atoms with Crippen LogP contribution in [0.3, 0.4) is 0 Å². The van der Waals surface area contributed by atoms with Gasteiger partial charge >= 0.3 is 0 Å². The Morgan fingerprint density at radius 3 is 1.83 bits per heavy atom. The number of aliphatic imine (C=N–C) groups is 1. The van der Waals surface area contributed by atoms with E-state index in [9.17, 15) is 28.0 Å². The molecular weight excluding hydrogens is 620 g/mol. The van der Waals surface area contributed by atoms with E-state index in [-0.39, 0.29) is 43.6 Å². The summed E-state index contributed by atoms with van der Waals surface area (Å²) in [6.45, 7) is 7.24. The van der Waals surface area contributed by atoms with E-state index in [1.807, 2.05) is 0 Å². The molecule has 1 atom stereocenters. The zero-order valence-corrected chi connectivity index (χ0v) is 28.2. The summed E-state index contributed by atoms with van der Waals surface area (Å²) in [4.78, 5) is 58.6. The second-order valence-corrected chi connectivity index (χ2v) is 12.7. The van der Waals surface area contributed by atoms with Gasteiger partial charge in [0.1, 0.15) is 28.8 Å². The summed E-state index contributed by atoms with van der Waals surface area (Å²) < 4.78 is 27.6. The van der Waals surface area contributed by atoms with Crippen molar-refractivity contribution in [3.8, 4) is 0 Å². The van der Waals surface area contributed by atoms with Gasteiger partial charge in [-0.25, -0.2) is 8.78 Å². The molecule has 3 rings (SSSR count). The summed E-state index contributed by atoms with van der Waals surface area (Å²) >= 11 is 0. The van der Waals surface area contributed by atoms with Crippen molar-refractivity contribution in [2.45, 2.75) is 102 Å². The SMILES string of the molecule is CCC(CC)(NC(=O)C(C)C)C(=O)NC(CCCN=C(N)N)C(=O)NC1(C(=O)NC(c2ccc(F)cc2)c2ccc(F)cc2)CCCC1. The third-order valence-corrected chi connectivity index (χ3v) is 9.03. The number of amides is 4. The number of benzene rings is 2. The minimum Gasteiger partial charge on any atom is -0.370 e. The molecule has 0 aliphatic heterocycles. The molecule has 2 aromatic carbocycles. The van der Waals surface area contributed by atoms with Crippen molar-refractivity contribution in [3.63, 3.8) is 0 Å². The fourth-order valence-corrected chi connectivity index (χ4v) is 5.90. The quantitative estimate of drug-likeness (QED) is 0.0905. The molecule has 0 radical (unpaired) electrons. The molecule has 262 valence electrons. The lowest BCUT2D eigenvalue weighted by Crippen LogP contribution is -2.64. The first-order chi connectivity index (χ1) is 22.8. The maximum Gasteiger partial charge on any atom is 0.246 e. The molecule has 2 aromatic rings. The number of hydrogen-bond donors (Lipinski definition) is 6. The number of hydrogen-bond acceptors (Lipinski definition) is 5. The van der Waals surface area contributed by atoms with Crippen LogP contribution in [0, 0.1) is 17.6 Å². The summed E-state index contributed by atoms with van der Waals surface area (Å²) in [6.07, 6.45) is 3.10. The Hall–Kier alpha value is -4.55. The first-order valence-corrected chi connectivity index (χ1v) is 16.6. The average molecular weight is 670 g/mol. The maximum absolute atomic E-state index is 14.2. The number of guanidine groups is 1. The highest BCUT2D eigenvalue weighted by atomic mass is 19.1. The van der Waals surface area contributed by atoms with Gasteiger partial charge in [0.05, 0.1) is 6.04 Å². The molecule has 4 amide bonds. The summed E-state index contributed by atoms with van der Waals surface area (Å²) in [5, 5.41) is 11.7. The Kier molecular flexibility index (Phi) is 13.4. The fourth-order valence-electron chi connectivity index (χ4n) is 5.90. The molecule has 0 spiro atoms. The molecule has 0 heterocycles. The predicted molar refractivity (Wildman–Crippen MR) is 180 cm³/mol. The van der Waals surface area contributed by atoms with E-state index < -0.39 is 52.5 Å². The minimum absolute atomic E-state index is 0.106. The predicted octanol–water partition coefficient (Wildman–Crippen LogP) is 3.47. The Labute approximate surface area is 281 Å². The normalized spacial score (nSPS) is 14.7. The largest absolute Gasteiger partial charge is 0.370 e. The summed E-state index contributed by atoms with van der Waals surface area (Å²) in [7, 11) is 0. The second-order valence-electron chi connectivity index (χ2n) is 12.7. The Morgan fingerprint density at radius 1 is 0.854 bits per heavy atom. The van der Waals surface area contributed by atoms with Gasteiger partial charge in [-0.1, -0.05) is 64.8 Å². The highest BCUT2D eigenvalue weighted by molar-refractivity contribution is 5.97. The van der Waals surface area contributed by atoms with Crippen LogP contribution < -0.4 is 32.7 Å². The van der Waals surface area contributed by atoms with Crippen molar-refractivity contribution in [2.24, 2.45) is 22.4 Å². The zero-order valence-electron chi connectivity index (χ0n) is 28.2. The number of rotatable bonds is 16. The van der Waals surface area contributed by atoms with E-state index in [2.05, 4.69) is 26.3 Å². The van der Waals surface area contributed by atoms with Crippen LogP contribution in [0.25, 0.3) is 0 Å². The first kappa shape index (κ1) is 37.9. The molecule has 0 bridgehead atoms. The van der Waals surface area contributed by atoms with Gasteiger partial charge in [0, 0.05) is 12.5 Å². The maximum atomic E-state index is 14.2. The number of nitrogens with two attached hydrogens (primary N) is 2. The summed E-state index contributed by atoms with van der Waals surface area (Å²) in [5.74, 6) is -3.19. The van der Waals surface area contributed by atoms with E-state index in [0.29, 0.717) is 43.2 Å². The third-order valence-electron chi connectivity index (χ3n) is 9.03. The Bertz CT molecular complexity index is 1390. The van der Waals surface area contributed by atoms with Crippen molar-refractivity contribution >= 4 is 29.6 Å². The number of nitrogens with zero attached hydrogens (tertiary/aromatic N) is 1. The van der Waals surface area contributed by atoms with Crippen molar-refractivity contribution < 1.29 is 28.0 Å². The molecule has 48 heavy (non-hydrogen) atoms. The molecule has 8 N–H and O–H groups in total. The standard InChI is InChI=1S/C35H49F2N7O4/c1-5-34(6-2,43-29(45)22(3)4)31(47)41-27(10-9-21-40-33(38)39)30(46)44-35(19-7-8-20-35)32(48)42-28(23-11-15-25(36)16-12-23)24-13-17-26(37)18-14-24/h11-18,22,27-28H,5-10,19-21H2,1-4H3,(H,41,47)(H,42,48)(H,43,45)(H,44,46)(H4,38,39,40). The molecule has 13 heteroatoms. The van der Waals surface area contributed by atoms with E-state index in [1.54, 1.807) is 27.7 Å². The Balaban J connectivity index is 1.91. The van der Waals surface area contributed by atoms with Crippen LogP contribution in [0.5, 0.6) is 0 Å². The summed E-state index contributed by atoms with van der Waals surface area (Å²) in [5.41, 5.74) is 9.52. The first-order valence-electron chi connectivity index (χ1n) is 16.6. The smallest absolute Gasteiger partial charge is 0.246 e. The van der Waals surface area contributed by atoms with Crippen LogP contribution >= 0.6 is 0 Å². The minimum atomic E-state index is -1.31. The Morgan fingerprint density at radius 2 is 1.38 bits per heavy atom. The van der Waals surface area contributed by atoms with E-state index in [1.165, 1.54) is 48.5 Å². The molecule has 1 fully saturated rings. The molecule has 11 nitrogen and oxygen atoms in total. The highest BCUT2D eigenvalue weighted by Gasteiger charge is 2.45. The highest BCUT2D eigenvalue weighted by Crippen LogP contribution is 2.32. The van der Waals surface area contributed by atoms with E-state index in [4.69, 9.17) is 11.5 Å². The van der Waals surface area contributed by atoms with Gasteiger partial charge in [-0.15, -0.1) is 0 Å². The second kappa shape index (κ2) is 17.0. The third kappa shape index (κ3) is 9.74. The monoisotopic (exact) mass is 669 g/mol. The molecule has 0 aromatic heterocycles. The van der Waals surface area contributed by atoms with Crippen LogP contribution in [0.15, 0.2) is 53.5 Å². The lowest BCUT2D eigenvalue weighted by Gasteiger charge is -2.36. The van der Waals surface area contributed by atoms with Gasteiger partial charge in [0.15, 0.2) is 5.96 Å². The van der Waals surface area contributed by atoms with Crippen LogP contribution in [-0.4, -0.2) is 53.3 Å². The van der Waals surface area contributed by atoms with Gasteiger partial charge in [-0.3, -0.25) is 24.2 Å². The van der Waals surface area contributed by atoms with Gasteiger partial charge in [0.2, 0.25) is 23.6 Å². The lowest BCUT2D eigenvalue weighted by molar-refractivity contribution is -0.139. The molecule has 1 aliphatic rings. The van der Waals surface area contributed by atoms with Crippen molar-refractivity contribution in [1.29, 1.82) is 0 Å². The van der Waals surface area contributed by atoms with Crippen LogP contribution in [0.1, 0.15) is 96.2 Å². The number of carbonyl (C=O) groups excluding carboxylic acids is 4. The molecule has 0 saturated heterocycles. The molecule has 1 unspecified atom stereocenters. The van der Waals surface area contributed by atoms with E-state index >= 15 is 0 Å². The molecule has 1 saturated carbocycles. The number of halogens is 2. The van der Waals surface area contributed by atoms with Gasteiger partial charge in [0.25, 0.3) is 0 Å². The number of carbonyl (C=O) groups is 4. The fraction of sp³-hybridized carbons (Fsp3) is 0.514. The lowest BCUT2D eigenvalue weighted by atomic mass is 9.89. The van der Waals surface area contributed by atoms with Gasteiger partial charge in [-0.05, 0) is 73.9 Å². The van der Waals surface area contributed by atoms with E-state index in [0.717, 1.165) is 0 Å². The average Bonchev–Trinajstić information content (AvgIpc) is 3.54. The molecular formula is C35H49F2N7O4. The van der Waals surface area contributed by atoms with Crippen molar-refractivity contribution in [2.75, 3.05) is 6.54 Å². The van der Waals surface area contributed by atoms with Crippen LogP contribution in [-0.2, 0) is 19.2 Å². The van der Waals surface area contributed by atoms with Crippen molar-refractivity contribution in [3.05, 3.63) is 71.3 Å². The molecule has 1 aliphatic carbocycles. The van der Waals surface area contributed by atoms with Crippen LogP contribution in [0.4, 0.5) is 8.78 Å². The van der Waals surface area contributed by atoms with Crippen molar-refractivity contribution in [1.82, 2.24) is 21.3 Å². The summed E-state index contributed by atoms with van der Waals surface area (Å²) in [6, 6.07) is 9.42. The van der Waals surface area contributed by atoms with Gasteiger partial charge in [-0.2, -0.15) is 0 Å². The number of nitrogens with one attached hydrogen (secondary N) is 4.